The van der Waals surface area contributed by atoms with Crippen molar-refractivity contribution in [2.75, 3.05) is 13.7 Å². The van der Waals surface area contributed by atoms with E-state index in [9.17, 15) is 0 Å². The molecule has 0 bridgehead atoms. The zero-order valence-electron chi connectivity index (χ0n) is 10.6. The molecule has 0 aliphatic carbocycles. The Hall–Kier alpha value is -1.32. The van der Waals surface area contributed by atoms with Crippen LogP contribution in [-0.2, 0) is 11.2 Å². The van der Waals surface area contributed by atoms with Crippen molar-refractivity contribution in [2.45, 2.75) is 26.3 Å². The van der Waals surface area contributed by atoms with Crippen LogP contribution in [0.15, 0.2) is 22.6 Å². The second-order valence-electron chi connectivity index (χ2n) is 4.45. The van der Waals surface area contributed by atoms with Crippen LogP contribution in [0.1, 0.15) is 29.9 Å². The van der Waals surface area contributed by atoms with Crippen LogP contribution >= 0.6 is 0 Å². The molecule has 0 radical (unpaired) electrons. The van der Waals surface area contributed by atoms with Gasteiger partial charge in [-0.25, -0.2) is 0 Å². The Bertz CT molecular complexity index is 514. The molecule has 0 saturated heterocycles. The normalized spacial score (nSPS) is 13.2. The van der Waals surface area contributed by atoms with E-state index >= 15 is 0 Å². The van der Waals surface area contributed by atoms with E-state index in [-0.39, 0.29) is 6.04 Å². The van der Waals surface area contributed by atoms with Crippen molar-refractivity contribution in [1.82, 2.24) is 0 Å². The molecule has 1 unspecified atom stereocenters. The molecule has 0 aliphatic heterocycles. The lowest BCUT2D eigenvalue weighted by Gasteiger charge is -2.01. The van der Waals surface area contributed by atoms with Crippen LogP contribution in [-0.4, -0.2) is 13.7 Å². The molecule has 0 spiro atoms. The molecule has 2 aromatic rings. The molecule has 1 atom stereocenters. The van der Waals surface area contributed by atoms with Gasteiger partial charge in [0.05, 0.1) is 12.6 Å². The van der Waals surface area contributed by atoms with E-state index in [1.54, 1.807) is 7.11 Å². The highest BCUT2D eigenvalue weighted by Crippen LogP contribution is 2.29. The minimum Gasteiger partial charge on any atom is -0.459 e. The van der Waals surface area contributed by atoms with Crippen molar-refractivity contribution in [3.05, 3.63) is 35.1 Å². The Morgan fingerprint density at radius 1 is 1.41 bits per heavy atom. The molecule has 0 amide bonds. The summed E-state index contributed by atoms with van der Waals surface area (Å²) in [5.74, 6) is 0.879. The fraction of sp³-hybridized carbons (Fsp3) is 0.429. The van der Waals surface area contributed by atoms with E-state index in [1.165, 1.54) is 5.56 Å². The quantitative estimate of drug-likeness (QED) is 0.883. The molecular formula is C14H19NO2. The lowest BCUT2D eigenvalue weighted by Crippen LogP contribution is -2.04. The first-order valence-corrected chi connectivity index (χ1v) is 5.90. The highest BCUT2D eigenvalue weighted by molar-refractivity contribution is 5.82. The number of ether oxygens (including phenoxy) is 1. The minimum atomic E-state index is -0.0650. The SMILES string of the molecule is COCCc1ccc2oc(C(C)N)c(C)c2c1. The van der Waals surface area contributed by atoms with Crippen molar-refractivity contribution in [3.8, 4) is 0 Å². The molecule has 17 heavy (non-hydrogen) atoms. The first kappa shape index (κ1) is 12.1. The van der Waals surface area contributed by atoms with Crippen molar-refractivity contribution >= 4 is 11.0 Å². The van der Waals surface area contributed by atoms with Gasteiger partial charge in [0.2, 0.25) is 0 Å². The van der Waals surface area contributed by atoms with Gasteiger partial charge in [0.15, 0.2) is 0 Å². The standard InChI is InChI=1S/C14H19NO2/c1-9-12-8-11(6-7-16-3)4-5-13(12)17-14(9)10(2)15/h4-5,8,10H,6-7,15H2,1-3H3. The summed E-state index contributed by atoms with van der Waals surface area (Å²) in [5.41, 5.74) is 9.21. The third kappa shape index (κ3) is 2.35. The molecule has 3 nitrogen and oxygen atoms in total. The van der Waals surface area contributed by atoms with Gasteiger partial charge in [0.1, 0.15) is 11.3 Å². The van der Waals surface area contributed by atoms with Gasteiger partial charge >= 0.3 is 0 Å². The van der Waals surface area contributed by atoms with Crippen LogP contribution in [0.4, 0.5) is 0 Å². The van der Waals surface area contributed by atoms with E-state index in [1.807, 2.05) is 13.0 Å². The number of benzene rings is 1. The summed E-state index contributed by atoms with van der Waals surface area (Å²) >= 11 is 0. The molecule has 0 saturated carbocycles. The van der Waals surface area contributed by atoms with Gasteiger partial charge in [-0.15, -0.1) is 0 Å². The third-order valence-electron chi connectivity index (χ3n) is 3.05. The monoisotopic (exact) mass is 233 g/mol. The fourth-order valence-electron chi connectivity index (χ4n) is 2.10. The first-order chi connectivity index (χ1) is 8.13. The van der Waals surface area contributed by atoms with Gasteiger partial charge in [-0.1, -0.05) is 6.07 Å². The van der Waals surface area contributed by atoms with Crippen molar-refractivity contribution in [1.29, 1.82) is 0 Å². The predicted octanol–water partition coefficient (Wildman–Crippen LogP) is 2.95. The molecule has 1 heterocycles. The first-order valence-electron chi connectivity index (χ1n) is 5.90. The zero-order valence-corrected chi connectivity index (χ0v) is 10.6. The molecule has 0 aliphatic rings. The maximum atomic E-state index is 5.88. The number of nitrogens with two attached hydrogens (primary N) is 1. The number of furan rings is 1. The van der Waals surface area contributed by atoms with E-state index in [0.717, 1.165) is 35.3 Å². The Kier molecular flexibility index (Phi) is 3.50. The zero-order chi connectivity index (χ0) is 12.4. The summed E-state index contributed by atoms with van der Waals surface area (Å²) in [7, 11) is 1.72. The van der Waals surface area contributed by atoms with Crippen LogP contribution in [0, 0.1) is 6.92 Å². The Balaban J connectivity index is 2.42. The molecule has 3 heteroatoms. The number of hydrogen-bond donors (Lipinski definition) is 1. The van der Waals surface area contributed by atoms with Gasteiger partial charge in [0.25, 0.3) is 0 Å². The van der Waals surface area contributed by atoms with Crippen LogP contribution in [0.3, 0.4) is 0 Å². The largest absolute Gasteiger partial charge is 0.459 e. The second kappa shape index (κ2) is 4.90. The van der Waals surface area contributed by atoms with Gasteiger partial charge in [-0.2, -0.15) is 0 Å². The van der Waals surface area contributed by atoms with E-state index in [2.05, 4.69) is 19.1 Å². The van der Waals surface area contributed by atoms with Crippen molar-refractivity contribution in [2.24, 2.45) is 5.73 Å². The van der Waals surface area contributed by atoms with Crippen molar-refractivity contribution < 1.29 is 9.15 Å². The van der Waals surface area contributed by atoms with E-state index in [0.29, 0.717) is 0 Å². The molecule has 92 valence electrons. The van der Waals surface area contributed by atoms with Gasteiger partial charge in [-0.3, -0.25) is 0 Å². The molecule has 1 aromatic heterocycles. The van der Waals surface area contributed by atoms with Crippen LogP contribution in [0.25, 0.3) is 11.0 Å². The smallest absolute Gasteiger partial charge is 0.134 e. The Labute approximate surface area is 102 Å². The number of rotatable bonds is 4. The summed E-state index contributed by atoms with van der Waals surface area (Å²) in [5, 5.41) is 1.16. The Morgan fingerprint density at radius 2 is 2.18 bits per heavy atom. The lowest BCUT2D eigenvalue weighted by molar-refractivity contribution is 0.202. The number of fused-ring (bicyclic) bond motifs is 1. The molecular weight excluding hydrogens is 214 g/mol. The topological polar surface area (TPSA) is 48.4 Å². The summed E-state index contributed by atoms with van der Waals surface area (Å²) in [6, 6.07) is 6.19. The molecule has 1 aromatic carbocycles. The second-order valence-corrected chi connectivity index (χ2v) is 4.45. The number of methoxy groups -OCH3 is 1. The maximum absolute atomic E-state index is 5.88. The van der Waals surface area contributed by atoms with E-state index in [4.69, 9.17) is 14.9 Å². The van der Waals surface area contributed by atoms with Gasteiger partial charge in [-0.05, 0) is 43.5 Å². The summed E-state index contributed by atoms with van der Waals surface area (Å²) < 4.78 is 10.9. The number of hydrogen-bond acceptors (Lipinski definition) is 3. The van der Waals surface area contributed by atoms with Gasteiger partial charge in [0, 0.05) is 12.5 Å². The lowest BCUT2D eigenvalue weighted by atomic mass is 10.1. The fourth-order valence-corrected chi connectivity index (χ4v) is 2.10. The average molecular weight is 233 g/mol. The molecule has 2 N–H and O–H groups in total. The van der Waals surface area contributed by atoms with Crippen LogP contribution in [0.5, 0.6) is 0 Å². The summed E-state index contributed by atoms with van der Waals surface area (Å²) in [6.07, 6.45) is 0.921. The third-order valence-corrected chi connectivity index (χ3v) is 3.05. The molecule has 2 rings (SSSR count). The van der Waals surface area contributed by atoms with Gasteiger partial charge < -0.3 is 14.9 Å². The van der Waals surface area contributed by atoms with Crippen LogP contribution < -0.4 is 5.73 Å². The summed E-state index contributed by atoms with van der Waals surface area (Å²) in [6.45, 7) is 4.74. The van der Waals surface area contributed by atoms with E-state index < -0.39 is 0 Å². The highest BCUT2D eigenvalue weighted by Gasteiger charge is 2.13. The highest BCUT2D eigenvalue weighted by atomic mass is 16.5. The van der Waals surface area contributed by atoms with Crippen molar-refractivity contribution in [3.63, 3.8) is 0 Å². The predicted molar refractivity (Wildman–Crippen MR) is 69.1 cm³/mol. The average Bonchev–Trinajstić information content (AvgIpc) is 2.64. The van der Waals surface area contributed by atoms with Crippen LogP contribution in [0.2, 0.25) is 0 Å². The summed E-state index contributed by atoms with van der Waals surface area (Å²) in [4.78, 5) is 0. The minimum absolute atomic E-state index is 0.0650. The number of aryl methyl sites for hydroxylation is 1. The maximum Gasteiger partial charge on any atom is 0.134 e. The molecule has 0 fully saturated rings. The Morgan fingerprint density at radius 3 is 2.82 bits per heavy atom.